The molecule has 1 aliphatic heterocycles. The number of rotatable bonds is 6. The lowest BCUT2D eigenvalue weighted by molar-refractivity contribution is -0.149. The first kappa shape index (κ1) is 20.2. The topological polar surface area (TPSA) is 104 Å². The Labute approximate surface area is 178 Å². The lowest BCUT2D eigenvalue weighted by atomic mass is 9.87. The predicted molar refractivity (Wildman–Crippen MR) is 111 cm³/mol. The second-order valence-corrected chi connectivity index (χ2v) is 7.24. The Bertz CT molecular complexity index is 1210. The van der Waals surface area contributed by atoms with E-state index in [1.165, 1.54) is 0 Å². The number of benzene rings is 1. The average Bonchev–Trinajstić information content (AvgIpc) is 3.28. The number of hydrogen-bond donors (Lipinski definition) is 1. The van der Waals surface area contributed by atoms with Crippen LogP contribution in [-0.4, -0.2) is 33.8 Å². The molecule has 1 N–H and O–H groups in total. The van der Waals surface area contributed by atoms with Crippen molar-refractivity contribution in [1.29, 1.82) is 5.26 Å². The lowest BCUT2D eigenvalue weighted by Crippen LogP contribution is -2.43. The van der Waals surface area contributed by atoms with Crippen molar-refractivity contribution in [2.24, 2.45) is 0 Å². The van der Waals surface area contributed by atoms with Crippen LogP contribution in [0, 0.1) is 11.3 Å². The predicted octanol–water partition coefficient (Wildman–Crippen LogP) is 2.71. The molecule has 0 bridgehead atoms. The zero-order valence-electron chi connectivity index (χ0n) is 16.9. The maximum Gasteiger partial charge on any atom is 0.326 e. The molecule has 4 rings (SSSR count). The van der Waals surface area contributed by atoms with Crippen LogP contribution < -0.4 is 5.32 Å². The van der Waals surface area contributed by atoms with Crippen LogP contribution >= 0.6 is 0 Å². The summed E-state index contributed by atoms with van der Waals surface area (Å²) in [5, 5.41) is 12.2. The Morgan fingerprint density at radius 1 is 1.16 bits per heavy atom. The fourth-order valence-corrected chi connectivity index (χ4v) is 3.88. The second kappa shape index (κ2) is 7.95. The summed E-state index contributed by atoms with van der Waals surface area (Å²) in [6.45, 7) is 1.16. The van der Waals surface area contributed by atoms with E-state index in [1.807, 2.05) is 18.2 Å². The molecular weight excluding hydrogens is 396 g/mol. The lowest BCUT2D eigenvalue weighted by Gasteiger charge is -2.25. The van der Waals surface area contributed by atoms with Gasteiger partial charge in [-0.25, -0.2) is 4.79 Å². The van der Waals surface area contributed by atoms with Gasteiger partial charge in [-0.3, -0.25) is 14.5 Å². The molecule has 8 nitrogen and oxygen atoms in total. The Balaban J connectivity index is 1.48. The van der Waals surface area contributed by atoms with Crippen molar-refractivity contribution in [1.82, 2.24) is 14.6 Å². The summed E-state index contributed by atoms with van der Waals surface area (Å²) in [5.74, 6) is -1.22. The van der Waals surface area contributed by atoms with Crippen molar-refractivity contribution in [3.63, 3.8) is 0 Å². The minimum Gasteiger partial charge on any atom is -0.459 e. The number of ether oxygens (including phenoxy) is 1. The van der Waals surface area contributed by atoms with Gasteiger partial charge in [-0.15, -0.1) is 0 Å². The third kappa shape index (κ3) is 3.40. The molecule has 1 fully saturated rings. The SMILES string of the molecule is CCC1(c2ccccc2)NC(=O)N(CC(=O)OCc2cn3ccccc3c2C#N)C1=O. The number of hydrogen-bond acceptors (Lipinski definition) is 5. The van der Waals surface area contributed by atoms with Crippen LogP contribution in [0.1, 0.15) is 30.0 Å². The number of pyridine rings is 1. The third-order valence-electron chi connectivity index (χ3n) is 5.52. The summed E-state index contributed by atoms with van der Waals surface area (Å²) in [5.41, 5.74) is 1.13. The standard InChI is InChI=1S/C23H20N4O4/c1-2-23(17-8-4-3-5-9-17)21(29)27(22(30)25-23)14-20(28)31-15-16-13-26-11-7-6-10-19(26)18(16)12-24/h3-11,13H,2,14-15H2,1H3,(H,25,30). The van der Waals surface area contributed by atoms with Gasteiger partial charge in [-0.2, -0.15) is 5.26 Å². The molecule has 1 saturated heterocycles. The van der Waals surface area contributed by atoms with Crippen molar-refractivity contribution in [2.45, 2.75) is 25.5 Å². The first-order valence-corrected chi connectivity index (χ1v) is 9.84. The van der Waals surface area contributed by atoms with E-state index in [1.54, 1.807) is 54.0 Å². The zero-order chi connectivity index (χ0) is 22.0. The molecular formula is C23H20N4O4. The van der Waals surface area contributed by atoms with E-state index in [0.717, 1.165) is 4.90 Å². The molecule has 2 aromatic heterocycles. The van der Waals surface area contributed by atoms with E-state index in [0.29, 0.717) is 28.6 Å². The van der Waals surface area contributed by atoms with Gasteiger partial charge in [0, 0.05) is 18.0 Å². The van der Waals surface area contributed by atoms with E-state index >= 15 is 0 Å². The van der Waals surface area contributed by atoms with Gasteiger partial charge in [0.25, 0.3) is 5.91 Å². The van der Waals surface area contributed by atoms with Crippen LogP contribution in [0.25, 0.3) is 5.52 Å². The summed E-state index contributed by atoms with van der Waals surface area (Å²) < 4.78 is 7.06. The Hall–Kier alpha value is -4.12. The molecule has 1 aromatic carbocycles. The Kier molecular flexibility index (Phi) is 5.17. The molecule has 31 heavy (non-hydrogen) atoms. The molecule has 8 heteroatoms. The molecule has 0 saturated carbocycles. The summed E-state index contributed by atoms with van der Waals surface area (Å²) in [7, 11) is 0. The molecule has 0 aliphatic carbocycles. The number of nitriles is 1. The minimum absolute atomic E-state index is 0.134. The van der Waals surface area contributed by atoms with Gasteiger partial charge in [-0.05, 0) is 24.1 Å². The molecule has 1 aliphatic rings. The van der Waals surface area contributed by atoms with E-state index < -0.39 is 30.0 Å². The number of carbonyl (C=O) groups excluding carboxylic acids is 3. The van der Waals surface area contributed by atoms with Crippen LogP contribution in [0.3, 0.4) is 0 Å². The average molecular weight is 416 g/mol. The summed E-state index contributed by atoms with van der Waals surface area (Å²) >= 11 is 0. The molecule has 0 spiro atoms. The number of fused-ring (bicyclic) bond motifs is 1. The van der Waals surface area contributed by atoms with Crippen molar-refractivity contribution >= 4 is 23.4 Å². The number of urea groups is 1. The van der Waals surface area contributed by atoms with Gasteiger partial charge in [0.05, 0.1) is 11.1 Å². The molecule has 1 unspecified atom stereocenters. The third-order valence-corrected chi connectivity index (χ3v) is 5.52. The van der Waals surface area contributed by atoms with Crippen LogP contribution in [0.15, 0.2) is 60.9 Å². The molecule has 3 amide bonds. The zero-order valence-corrected chi connectivity index (χ0v) is 16.9. The highest BCUT2D eigenvalue weighted by atomic mass is 16.5. The van der Waals surface area contributed by atoms with Gasteiger partial charge < -0.3 is 14.5 Å². The van der Waals surface area contributed by atoms with Crippen LogP contribution in [0.2, 0.25) is 0 Å². The van der Waals surface area contributed by atoms with Crippen molar-refractivity contribution < 1.29 is 19.1 Å². The number of imide groups is 1. The highest BCUT2D eigenvalue weighted by Crippen LogP contribution is 2.32. The van der Waals surface area contributed by atoms with Crippen molar-refractivity contribution in [2.75, 3.05) is 6.54 Å². The van der Waals surface area contributed by atoms with Gasteiger partial charge >= 0.3 is 12.0 Å². The van der Waals surface area contributed by atoms with E-state index in [4.69, 9.17) is 4.74 Å². The van der Waals surface area contributed by atoms with E-state index in [-0.39, 0.29) is 6.61 Å². The van der Waals surface area contributed by atoms with Crippen LogP contribution in [-0.2, 0) is 26.5 Å². The highest BCUT2D eigenvalue weighted by Gasteiger charge is 2.51. The Morgan fingerprint density at radius 3 is 2.61 bits per heavy atom. The first-order valence-electron chi connectivity index (χ1n) is 9.84. The quantitative estimate of drug-likeness (QED) is 0.492. The summed E-state index contributed by atoms with van der Waals surface area (Å²) in [6, 6.07) is 15.9. The smallest absolute Gasteiger partial charge is 0.326 e. The number of carbonyl (C=O) groups is 3. The van der Waals surface area contributed by atoms with Crippen molar-refractivity contribution in [3.8, 4) is 6.07 Å². The number of aromatic nitrogens is 1. The largest absolute Gasteiger partial charge is 0.459 e. The highest BCUT2D eigenvalue weighted by molar-refractivity contribution is 6.09. The molecule has 3 heterocycles. The Morgan fingerprint density at radius 2 is 1.90 bits per heavy atom. The van der Waals surface area contributed by atoms with E-state index in [2.05, 4.69) is 11.4 Å². The first-order chi connectivity index (χ1) is 15.0. The maximum absolute atomic E-state index is 13.1. The fraction of sp³-hybridized carbons (Fsp3) is 0.217. The number of esters is 1. The van der Waals surface area contributed by atoms with Crippen LogP contribution in [0.5, 0.6) is 0 Å². The molecule has 156 valence electrons. The number of nitrogens with zero attached hydrogens (tertiary/aromatic N) is 3. The molecule has 0 radical (unpaired) electrons. The number of nitrogens with one attached hydrogen (secondary N) is 1. The molecule has 3 aromatic rings. The van der Waals surface area contributed by atoms with Gasteiger partial charge in [0.15, 0.2) is 0 Å². The summed E-state index contributed by atoms with van der Waals surface area (Å²) in [4.78, 5) is 38.9. The fourth-order valence-electron chi connectivity index (χ4n) is 3.88. The minimum atomic E-state index is -1.20. The molecule has 1 atom stereocenters. The monoisotopic (exact) mass is 416 g/mol. The van der Waals surface area contributed by atoms with Gasteiger partial charge in [0.1, 0.15) is 24.8 Å². The van der Waals surface area contributed by atoms with Gasteiger partial charge in [-0.1, -0.05) is 43.3 Å². The second-order valence-electron chi connectivity index (χ2n) is 7.24. The number of amides is 3. The van der Waals surface area contributed by atoms with Crippen molar-refractivity contribution in [3.05, 3.63) is 77.6 Å². The van der Waals surface area contributed by atoms with E-state index in [9.17, 15) is 19.6 Å². The van der Waals surface area contributed by atoms with Gasteiger partial charge in [0.2, 0.25) is 0 Å². The van der Waals surface area contributed by atoms with Crippen LogP contribution in [0.4, 0.5) is 4.79 Å². The summed E-state index contributed by atoms with van der Waals surface area (Å²) in [6.07, 6.45) is 3.85. The normalized spacial score (nSPS) is 18.1. The maximum atomic E-state index is 13.1.